The Hall–Kier alpha value is -0.970. The maximum absolute atomic E-state index is 6.16. The van der Waals surface area contributed by atoms with Crippen LogP contribution in [0, 0.1) is 5.92 Å². The molecule has 0 amide bonds. The lowest BCUT2D eigenvalue weighted by molar-refractivity contribution is 0.224. The molecule has 2 heterocycles. The molecule has 2 aliphatic heterocycles. The predicted molar refractivity (Wildman–Crippen MR) is 96.9 cm³/mol. The highest BCUT2D eigenvalue weighted by molar-refractivity contribution is 6.30. The normalized spacial score (nSPS) is 20.7. The maximum atomic E-state index is 6.16. The fourth-order valence-corrected chi connectivity index (χ4v) is 3.82. The van der Waals surface area contributed by atoms with Crippen LogP contribution in [0.15, 0.2) is 18.2 Å². The molecule has 0 aliphatic carbocycles. The van der Waals surface area contributed by atoms with E-state index >= 15 is 0 Å². The zero-order chi connectivity index (χ0) is 16.1. The van der Waals surface area contributed by atoms with Crippen LogP contribution in [0.4, 0.5) is 5.69 Å². The first-order valence-corrected chi connectivity index (χ1v) is 9.15. The smallest absolute Gasteiger partial charge is 0.142 e. The van der Waals surface area contributed by atoms with Gasteiger partial charge in [-0.3, -0.25) is 4.90 Å². The van der Waals surface area contributed by atoms with Gasteiger partial charge in [0.1, 0.15) is 5.75 Å². The van der Waals surface area contributed by atoms with Crippen LogP contribution >= 0.6 is 11.6 Å². The number of ether oxygens (including phenoxy) is 1. The van der Waals surface area contributed by atoms with Crippen LogP contribution in [0.2, 0.25) is 5.02 Å². The van der Waals surface area contributed by atoms with Gasteiger partial charge in [0.15, 0.2) is 0 Å². The second kappa shape index (κ2) is 8.22. The average Bonchev–Trinajstić information content (AvgIpc) is 2.61. The fraction of sp³-hybridized carbons (Fsp3) is 0.667. The van der Waals surface area contributed by atoms with Gasteiger partial charge in [-0.15, -0.1) is 0 Å². The van der Waals surface area contributed by atoms with E-state index < -0.39 is 0 Å². The number of anilines is 1. The highest BCUT2D eigenvalue weighted by Crippen LogP contribution is 2.32. The van der Waals surface area contributed by atoms with Gasteiger partial charge in [-0.05, 0) is 63.0 Å². The van der Waals surface area contributed by atoms with Crippen molar-refractivity contribution in [3.63, 3.8) is 0 Å². The summed E-state index contributed by atoms with van der Waals surface area (Å²) in [6.07, 6.45) is 4.04. The van der Waals surface area contributed by atoms with Gasteiger partial charge in [-0.2, -0.15) is 0 Å². The molecule has 23 heavy (non-hydrogen) atoms. The number of methoxy groups -OCH3 is 1. The van der Waals surface area contributed by atoms with Crippen molar-refractivity contribution < 1.29 is 4.74 Å². The Balaban J connectivity index is 1.49. The number of piperidine rings is 1. The molecule has 3 rings (SSSR count). The van der Waals surface area contributed by atoms with E-state index in [2.05, 4.69) is 15.1 Å². The van der Waals surface area contributed by atoms with E-state index in [4.69, 9.17) is 16.3 Å². The molecule has 2 aliphatic rings. The largest absolute Gasteiger partial charge is 0.495 e. The standard InChI is InChI=1S/C18H28ClN3O/c1-23-18-3-2-16(19)14-17(18)22-12-10-21(11-13-22)9-6-15-4-7-20-8-5-15/h2-3,14-15,20H,4-13H2,1H3. The van der Waals surface area contributed by atoms with Crippen molar-refractivity contribution in [2.45, 2.75) is 19.3 Å². The first-order chi connectivity index (χ1) is 11.3. The van der Waals surface area contributed by atoms with Gasteiger partial charge in [-0.1, -0.05) is 11.6 Å². The summed E-state index contributed by atoms with van der Waals surface area (Å²) in [5.41, 5.74) is 1.12. The predicted octanol–water partition coefficient (Wildman–Crippen LogP) is 2.86. The third-order valence-electron chi connectivity index (χ3n) is 5.17. The monoisotopic (exact) mass is 337 g/mol. The molecular formula is C18H28ClN3O. The molecule has 0 spiro atoms. The number of nitrogens with zero attached hydrogens (tertiary/aromatic N) is 2. The minimum atomic E-state index is 0.772. The van der Waals surface area contributed by atoms with Crippen LogP contribution < -0.4 is 15.0 Å². The molecule has 0 unspecified atom stereocenters. The Bertz CT molecular complexity index is 497. The lowest BCUT2D eigenvalue weighted by atomic mass is 9.94. The molecule has 0 bridgehead atoms. The Morgan fingerprint density at radius 2 is 1.91 bits per heavy atom. The van der Waals surface area contributed by atoms with Crippen LogP contribution in [0.1, 0.15) is 19.3 Å². The summed E-state index contributed by atoms with van der Waals surface area (Å²) in [5.74, 6) is 1.83. The van der Waals surface area contributed by atoms with E-state index in [0.29, 0.717) is 0 Å². The highest BCUT2D eigenvalue weighted by Gasteiger charge is 2.21. The summed E-state index contributed by atoms with van der Waals surface area (Å²) in [4.78, 5) is 5.00. The Kier molecular flexibility index (Phi) is 6.03. The minimum absolute atomic E-state index is 0.772. The van der Waals surface area contributed by atoms with Crippen LogP contribution in [0.25, 0.3) is 0 Å². The summed E-state index contributed by atoms with van der Waals surface area (Å²) in [5, 5.41) is 4.22. The third kappa shape index (κ3) is 4.52. The fourth-order valence-electron chi connectivity index (χ4n) is 3.66. The summed E-state index contributed by atoms with van der Waals surface area (Å²) >= 11 is 6.16. The van der Waals surface area contributed by atoms with Crippen molar-refractivity contribution in [2.75, 3.05) is 57.8 Å². The van der Waals surface area contributed by atoms with Gasteiger partial charge >= 0.3 is 0 Å². The first kappa shape index (κ1) is 16.9. The zero-order valence-corrected chi connectivity index (χ0v) is 14.8. The topological polar surface area (TPSA) is 27.7 Å². The highest BCUT2D eigenvalue weighted by atomic mass is 35.5. The van der Waals surface area contributed by atoms with Crippen LogP contribution in [0.3, 0.4) is 0 Å². The molecule has 1 aromatic carbocycles. The van der Waals surface area contributed by atoms with Crippen molar-refractivity contribution in [2.24, 2.45) is 5.92 Å². The van der Waals surface area contributed by atoms with Gasteiger partial charge in [0.2, 0.25) is 0 Å². The van der Waals surface area contributed by atoms with Crippen LogP contribution in [-0.4, -0.2) is 57.8 Å². The minimum Gasteiger partial charge on any atom is -0.495 e. The molecule has 2 saturated heterocycles. The molecule has 1 N–H and O–H groups in total. The van der Waals surface area contributed by atoms with Crippen molar-refractivity contribution in [3.8, 4) is 5.75 Å². The Morgan fingerprint density at radius 1 is 1.17 bits per heavy atom. The van der Waals surface area contributed by atoms with E-state index in [1.165, 1.54) is 38.9 Å². The van der Waals surface area contributed by atoms with Gasteiger partial charge < -0.3 is 15.0 Å². The van der Waals surface area contributed by atoms with Gasteiger partial charge in [-0.25, -0.2) is 0 Å². The molecule has 0 atom stereocenters. The summed E-state index contributed by atoms with van der Waals surface area (Å²) in [7, 11) is 1.72. The quantitative estimate of drug-likeness (QED) is 0.894. The number of benzene rings is 1. The summed E-state index contributed by atoms with van der Waals surface area (Å²) in [6, 6.07) is 5.87. The van der Waals surface area contributed by atoms with E-state index in [1.54, 1.807) is 7.11 Å². The third-order valence-corrected chi connectivity index (χ3v) is 5.40. The number of nitrogens with one attached hydrogen (secondary N) is 1. The van der Waals surface area contributed by atoms with Gasteiger partial charge in [0.25, 0.3) is 0 Å². The number of hydrogen-bond acceptors (Lipinski definition) is 4. The lowest BCUT2D eigenvalue weighted by Crippen LogP contribution is -2.47. The number of hydrogen-bond donors (Lipinski definition) is 1. The summed E-state index contributed by atoms with van der Waals surface area (Å²) in [6.45, 7) is 7.98. The van der Waals surface area contributed by atoms with E-state index in [9.17, 15) is 0 Å². The van der Waals surface area contributed by atoms with Crippen LogP contribution in [0.5, 0.6) is 5.75 Å². The van der Waals surface area contributed by atoms with Crippen molar-refractivity contribution in [1.29, 1.82) is 0 Å². The zero-order valence-electron chi connectivity index (χ0n) is 14.1. The average molecular weight is 338 g/mol. The number of halogens is 1. The van der Waals surface area contributed by atoms with E-state index in [-0.39, 0.29) is 0 Å². The molecule has 0 aromatic heterocycles. The first-order valence-electron chi connectivity index (χ1n) is 8.78. The van der Waals surface area contributed by atoms with Gasteiger partial charge in [0, 0.05) is 31.2 Å². The number of piperazine rings is 1. The molecule has 0 radical (unpaired) electrons. The molecule has 128 valence electrons. The second-order valence-corrected chi connectivity index (χ2v) is 7.06. The molecule has 2 fully saturated rings. The molecule has 0 saturated carbocycles. The van der Waals surface area contributed by atoms with E-state index in [1.807, 2.05) is 18.2 Å². The van der Waals surface area contributed by atoms with Crippen molar-refractivity contribution >= 4 is 17.3 Å². The molecule has 5 heteroatoms. The molecular weight excluding hydrogens is 310 g/mol. The Morgan fingerprint density at radius 3 is 2.61 bits per heavy atom. The van der Waals surface area contributed by atoms with E-state index in [0.717, 1.165) is 48.6 Å². The maximum Gasteiger partial charge on any atom is 0.142 e. The lowest BCUT2D eigenvalue weighted by Gasteiger charge is -2.37. The van der Waals surface area contributed by atoms with Crippen molar-refractivity contribution in [3.05, 3.63) is 23.2 Å². The number of rotatable bonds is 5. The van der Waals surface area contributed by atoms with Crippen LogP contribution in [-0.2, 0) is 0 Å². The molecule has 1 aromatic rings. The molecule has 4 nitrogen and oxygen atoms in total. The van der Waals surface area contributed by atoms with Gasteiger partial charge in [0.05, 0.1) is 12.8 Å². The Labute approximate surface area is 144 Å². The SMILES string of the molecule is COc1ccc(Cl)cc1N1CCN(CCC2CCNCC2)CC1. The van der Waals surface area contributed by atoms with Crippen molar-refractivity contribution in [1.82, 2.24) is 10.2 Å². The summed E-state index contributed by atoms with van der Waals surface area (Å²) < 4.78 is 5.49. The second-order valence-electron chi connectivity index (χ2n) is 6.63.